The van der Waals surface area contributed by atoms with Crippen LogP contribution in [0.25, 0.3) is 0 Å². The van der Waals surface area contributed by atoms with Crippen LogP contribution in [-0.4, -0.2) is 49.9 Å². The van der Waals surface area contributed by atoms with Gasteiger partial charge in [0.05, 0.1) is 19.3 Å². The van der Waals surface area contributed by atoms with Crippen LogP contribution in [-0.2, 0) is 9.47 Å². The van der Waals surface area contributed by atoms with Crippen LogP contribution in [0, 0.1) is 0 Å². The number of carbonyl (C=O) groups is 1. The zero-order valence-corrected chi connectivity index (χ0v) is 10.1. The highest BCUT2D eigenvalue weighted by Crippen LogP contribution is 2.13. The first-order chi connectivity index (χ1) is 7.69. The molecule has 0 saturated carbocycles. The Hall–Kier alpha value is -0.810. The fraction of sp³-hybridized carbons (Fsp3) is 0.909. The Morgan fingerprint density at radius 2 is 2.31 bits per heavy atom. The summed E-state index contributed by atoms with van der Waals surface area (Å²) < 4.78 is 10.4. The smallest absolute Gasteiger partial charge is 0.409 e. The third-order valence-electron chi connectivity index (χ3n) is 2.89. The van der Waals surface area contributed by atoms with E-state index in [4.69, 9.17) is 15.2 Å². The predicted octanol–water partition coefficient (Wildman–Crippen LogP) is 0.971. The van der Waals surface area contributed by atoms with Crippen LogP contribution in [0.5, 0.6) is 0 Å². The summed E-state index contributed by atoms with van der Waals surface area (Å²) in [6.45, 7) is 3.75. The molecule has 0 aromatic rings. The van der Waals surface area contributed by atoms with Gasteiger partial charge < -0.3 is 20.1 Å². The molecule has 2 atom stereocenters. The van der Waals surface area contributed by atoms with Crippen molar-refractivity contribution in [1.82, 2.24) is 4.90 Å². The lowest BCUT2D eigenvalue weighted by Gasteiger charge is -2.35. The summed E-state index contributed by atoms with van der Waals surface area (Å²) in [5.41, 5.74) is 5.87. The van der Waals surface area contributed by atoms with Gasteiger partial charge in [-0.2, -0.15) is 0 Å². The Labute approximate surface area is 96.9 Å². The average Bonchev–Trinajstić information content (AvgIpc) is 2.30. The monoisotopic (exact) mass is 230 g/mol. The van der Waals surface area contributed by atoms with Crippen molar-refractivity contribution in [3.05, 3.63) is 0 Å². The first-order valence-corrected chi connectivity index (χ1v) is 5.89. The number of hydrogen-bond acceptors (Lipinski definition) is 4. The minimum atomic E-state index is -0.248. The maximum absolute atomic E-state index is 11.6. The molecule has 1 fully saturated rings. The SMILES string of the molecule is CCCCOC(=O)N1CCC(N)C(OC)C1. The Morgan fingerprint density at radius 3 is 2.94 bits per heavy atom. The van der Waals surface area contributed by atoms with Gasteiger partial charge in [-0.25, -0.2) is 4.79 Å². The van der Waals surface area contributed by atoms with Gasteiger partial charge in [0.25, 0.3) is 0 Å². The molecule has 0 aliphatic carbocycles. The highest BCUT2D eigenvalue weighted by molar-refractivity contribution is 5.67. The third kappa shape index (κ3) is 3.64. The minimum absolute atomic E-state index is 0.0182. The molecule has 94 valence electrons. The zero-order chi connectivity index (χ0) is 12.0. The summed E-state index contributed by atoms with van der Waals surface area (Å²) >= 11 is 0. The molecule has 0 aromatic carbocycles. The van der Waals surface area contributed by atoms with E-state index in [-0.39, 0.29) is 18.2 Å². The molecule has 2 unspecified atom stereocenters. The summed E-state index contributed by atoms with van der Waals surface area (Å²) in [4.78, 5) is 13.3. The Balaban J connectivity index is 2.33. The molecule has 1 saturated heterocycles. The van der Waals surface area contributed by atoms with Gasteiger partial charge in [-0.15, -0.1) is 0 Å². The van der Waals surface area contributed by atoms with Crippen molar-refractivity contribution >= 4 is 6.09 Å². The van der Waals surface area contributed by atoms with Gasteiger partial charge in [-0.1, -0.05) is 13.3 Å². The van der Waals surface area contributed by atoms with Crippen LogP contribution < -0.4 is 5.73 Å². The molecule has 0 bridgehead atoms. The van der Waals surface area contributed by atoms with Crippen LogP contribution in [0.4, 0.5) is 4.79 Å². The molecule has 1 heterocycles. The standard InChI is InChI=1S/C11H22N2O3/c1-3-4-7-16-11(14)13-6-5-9(12)10(8-13)15-2/h9-10H,3-8,12H2,1-2H3. The van der Waals surface area contributed by atoms with E-state index in [1.54, 1.807) is 12.0 Å². The quantitative estimate of drug-likeness (QED) is 0.731. The number of methoxy groups -OCH3 is 1. The van der Waals surface area contributed by atoms with Crippen LogP contribution in [0.3, 0.4) is 0 Å². The topological polar surface area (TPSA) is 64.8 Å². The summed E-state index contributed by atoms with van der Waals surface area (Å²) in [5, 5.41) is 0. The van der Waals surface area contributed by atoms with Gasteiger partial charge in [0, 0.05) is 19.7 Å². The van der Waals surface area contributed by atoms with Crippen molar-refractivity contribution in [2.45, 2.75) is 38.3 Å². The maximum Gasteiger partial charge on any atom is 0.409 e. The van der Waals surface area contributed by atoms with Crippen LogP contribution in [0.15, 0.2) is 0 Å². The van der Waals surface area contributed by atoms with Crippen molar-refractivity contribution in [3.63, 3.8) is 0 Å². The van der Waals surface area contributed by atoms with Crippen molar-refractivity contribution in [3.8, 4) is 0 Å². The first kappa shape index (κ1) is 13.3. The average molecular weight is 230 g/mol. The van der Waals surface area contributed by atoms with Gasteiger partial charge >= 0.3 is 6.09 Å². The molecule has 1 aliphatic rings. The number of ether oxygens (including phenoxy) is 2. The Morgan fingerprint density at radius 1 is 1.56 bits per heavy atom. The highest BCUT2D eigenvalue weighted by atomic mass is 16.6. The van der Waals surface area contributed by atoms with Gasteiger partial charge in [0.15, 0.2) is 0 Å². The van der Waals surface area contributed by atoms with E-state index in [0.717, 1.165) is 19.3 Å². The molecular weight excluding hydrogens is 208 g/mol. The van der Waals surface area contributed by atoms with E-state index in [9.17, 15) is 4.79 Å². The van der Waals surface area contributed by atoms with Crippen LogP contribution in [0.1, 0.15) is 26.2 Å². The number of nitrogens with two attached hydrogens (primary N) is 1. The highest BCUT2D eigenvalue weighted by Gasteiger charge is 2.29. The number of piperidine rings is 1. The molecule has 1 amide bonds. The number of rotatable bonds is 4. The lowest BCUT2D eigenvalue weighted by atomic mass is 10.0. The number of unbranched alkanes of at least 4 members (excludes halogenated alkanes) is 1. The van der Waals surface area contributed by atoms with Crippen molar-refractivity contribution in [2.24, 2.45) is 5.73 Å². The van der Waals surface area contributed by atoms with Crippen LogP contribution >= 0.6 is 0 Å². The van der Waals surface area contributed by atoms with E-state index >= 15 is 0 Å². The zero-order valence-electron chi connectivity index (χ0n) is 10.1. The summed E-state index contributed by atoms with van der Waals surface area (Å²) in [6.07, 6.45) is 2.38. The van der Waals surface area contributed by atoms with Gasteiger partial charge in [-0.05, 0) is 12.8 Å². The molecule has 0 spiro atoms. The van der Waals surface area contributed by atoms with E-state index in [1.807, 2.05) is 0 Å². The molecule has 0 aromatic heterocycles. The van der Waals surface area contributed by atoms with Crippen molar-refractivity contribution < 1.29 is 14.3 Å². The molecule has 5 nitrogen and oxygen atoms in total. The maximum atomic E-state index is 11.6. The summed E-state index contributed by atoms with van der Waals surface area (Å²) in [7, 11) is 1.62. The number of nitrogens with zero attached hydrogens (tertiary/aromatic N) is 1. The van der Waals surface area contributed by atoms with Gasteiger partial charge in [0.1, 0.15) is 0 Å². The number of hydrogen-bond donors (Lipinski definition) is 1. The lowest BCUT2D eigenvalue weighted by molar-refractivity contribution is 0.0120. The van der Waals surface area contributed by atoms with Crippen molar-refractivity contribution in [1.29, 1.82) is 0 Å². The number of likely N-dealkylation sites (tertiary alicyclic amines) is 1. The molecule has 1 rings (SSSR count). The largest absolute Gasteiger partial charge is 0.449 e. The molecule has 2 N–H and O–H groups in total. The van der Waals surface area contributed by atoms with Crippen molar-refractivity contribution in [2.75, 3.05) is 26.8 Å². The fourth-order valence-corrected chi connectivity index (χ4v) is 1.74. The first-order valence-electron chi connectivity index (χ1n) is 5.89. The molecule has 5 heteroatoms. The molecular formula is C11H22N2O3. The molecule has 16 heavy (non-hydrogen) atoms. The van der Waals surface area contributed by atoms with E-state index < -0.39 is 0 Å². The molecule has 1 aliphatic heterocycles. The van der Waals surface area contributed by atoms with E-state index in [0.29, 0.717) is 19.7 Å². The molecule has 0 radical (unpaired) electrons. The second kappa shape index (κ2) is 6.70. The third-order valence-corrected chi connectivity index (χ3v) is 2.89. The van der Waals surface area contributed by atoms with E-state index in [1.165, 1.54) is 0 Å². The summed E-state index contributed by atoms with van der Waals surface area (Å²) in [5.74, 6) is 0. The van der Waals surface area contributed by atoms with Gasteiger partial charge in [-0.3, -0.25) is 0 Å². The number of carbonyl (C=O) groups excluding carboxylic acids is 1. The van der Waals surface area contributed by atoms with Gasteiger partial charge in [0.2, 0.25) is 0 Å². The second-order valence-electron chi connectivity index (χ2n) is 4.14. The number of amides is 1. The Kier molecular flexibility index (Phi) is 5.55. The minimum Gasteiger partial charge on any atom is -0.449 e. The summed E-state index contributed by atoms with van der Waals surface area (Å²) in [6, 6.07) is 0.0182. The van der Waals surface area contributed by atoms with Crippen LogP contribution in [0.2, 0.25) is 0 Å². The Bertz CT molecular complexity index is 223. The lowest BCUT2D eigenvalue weighted by Crippen LogP contribution is -2.53. The van der Waals surface area contributed by atoms with E-state index in [2.05, 4.69) is 6.92 Å². The second-order valence-corrected chi connectivity index (χ2v) is 4.14. The predicted molar refractivity (Wildman–Crippen MR) is 61.2 cm³/mol. The normalized spacial score (nSPS) is 25.6. The fourth-order valence-electron chi connectivity index (χ4n) is 1.74.